The van der Waals surface area contributed by atoms with Crippen LogP contribution in [0.3, 0.4) is 0 Å². The summed E-state index contributed by atoms with van der Waals surface area (Å²) in [6, 6.07) is 3.29. The zero-order valence-electron chi connectivity index (χ0n) is 28.2. The van der Waals surface area contributed by atoms with Crippen LogP contribution in [0.1, 0.15) is 73.7 Å². The summed E-state index contributed by atoms with van der Waals surface area (Å²) < 4.78 is 11.4. The SMILES string of the molecule is CCC(=O)O[C@@H]1[C@@H]2C(C(=O)c3c(O)cccc3[C@H]2CSC2CCCC2)C(=O)[C@@]2(O)C(=O)C(C(=O)NCC3CCOCC3)C(=O)[C@H](N(C)C)[C@@H]12. The highest BCUT2D eigenvalue weighted by Crippen LogP contribution is 2.56. The van der Waals surface area contributed by atoms with Crippen LogP contribution in [0.25, 0.3) is 0 Å². The molecule has 2 unspecified atom stereocenters. The lowest BCUT2D eigenvalue weighted by atomic mass is 9.49. The molecule has 1 heterocycles. The molecular weight excluding hydrogens is 652 g/mol. The Bertz CT molecular complexity index is 1520. The molecule has 4 aliphatic carbocycles. The molecule has 12 nitrogen and oxygen atoms in total. The summed E-state index contributed by atoms with van der Waals surface area (Å²) >= 11 is 1.69. The van der Waals surface area contributed by atoms with Gasteiger partial charge in [0.1, 0.15) is 11.9 Å². The molecule has 13 heteroatoms. The van der Waals surface area contributed by atoms with Crippen LogP contribution in [0, 0.1) is 29.6 Å². The van der Waals surface area contributed by atoms with E-state index in [4.69, 9.17) is 9.47 Å². The van der Waals surface area contributed by atoms with Crippen LogP contribution in [-0.4, -0.2) is 113 Å². The molecule has 3 saturated carbocycles. The fraction of sp³-hybridized carbons (Fsp3) is 0.667. The van der Waals surface area contributed by atoms with E-state index >= 15 is 0 Å². The van der Waals surface area contributed by atoms with Gasteiger partial charge in [-0.25, -0.2) is 0 Å². The second-order valence-corrected chi connectivity index (χ2v) is 15.7. The largest absolute Gasteiger partial charge is 0.507 e. The maximum Gasteiger partial charge on any atom is 0.305 e. The Labute approximate surface area is 290 Å². The van der Waals surface area contributed by atoms with Crippen molar-refractivity contribution in [2.75, 3.05) is 39.6 Å². The Balaban J connectivity index is 1.46. The van der Waals surface area contributed by atoms with Crippen LogP contribution in [0.4, 0.5) is 0 Å². The van der Waals surface area contributed by atoms with E-state index in [1.54, 1.807) is 30.8 Å². The first-order chi connectivity index (χ1) is 23.4. The molecule has 0 spiro atoms. The zero-order valence-corrected chi connectivity index (χ0v) is 29.0. The number of aromatic hydroxyl groups is 1. The second kappa shape index (κ2) is 14.2. The molecule has 1 aromatic carbocycles. The number of carbonyl (C=O) groups excluding carboxylic acids is 6. The number of amides is 1. The zero-order chi connectivity index (χ0) is 35.2. The number of thioether (sulfide) groups is 1. The highest BCUT2D eigenvalue weighted by Gasteiger charge is 2.74. The number of phenolic OH excluding ortho intramolecular Hbond substituents is 1. The summed E-state index contributed by atoms with van der Waals surface area (Å²) in [6.45, 7) is 2.80. The lowest BCUT2D eigenvalue weighted by molar-refractivity contribution is -0.205. The number of benzene rings is 1. The molecule has 8 atom stereocenters. The van der Waals surface area contributed by atoms with Crippen LogP contribution in [0.5, 0.6) is 5.75 Å². The van der Waals surface area contributed by atoms with Gasteiger partial charge < -0.3 is 25.0 Å². The molecule has 0 bridgehead atoms. The topological polar surface area (TPSA) is 177 Å². The smallest absolute Gasteiger partial charge is 0.305 e. The number of hydrogen-bond donors (Lipinski definition) is 3. The van der Waals surface area contributed by atoms with E-state index < -0.39 is 82.3 Å². The first-order valence-corrected chi connectivity index (χ1v) is 18.5. The lowest BCUT2D eigenvalue weighted by Gasteiger charge is -2.57. The van der Waals surface area contributed by atoms with Crippen molar-refractivity contribution in [1.82, 2.24) is 10.2 Å². The van der Waals surface area contributed by atoms with Crippen LogP contribution in [-0.2, 0) is 33.4 Å². The number of esters is 1. The lowest BCUT2D eigenvalue weighted by Crippen LogP contribution is -2.78. The van der Waals surface area contributed by atoms with E-state index in [0.717, 1.165) is 25.7 Å². The summed E-state index contributed by atoms with van der Waals surface area (Å²) in [5.74, 6) is -12.4. The average molecular weight is 699 g/mol. The number of carbonyl (C=O) groups is 6. The van der Waals surface area contributed by atoms with Crippen LogP contribution in [0.2, 0.25) is 0 Å². The van der Waals surface area contributed by atoms with Gasteiger partial charge in [0, 0.05) is 49.0 Å². The molecule has 1 amide bonds. The summed E-state index contributed by atoms with van der Waals surface area (Å²) in [6.07, 6.45) is 4.07. The maximum atomic E-state index is 14.8. The van der Waals surface area contributed by atoms with Crippen molar-refractivity contribution in [2.24, 2.45) is 29.6 Å². The van der Waals surface area contributed by atoms with E-state index in [9.17, 15) is 39.0 Å². The van der Waals surface area contributed by atoms with Crippen LogP contribution >= 0.6 is 11.8 Å². The average Bonchev–Trinajstić information content (AvgIpc) is 3.60. The fourth-order valence-corrected chi connectivity index (χ4v) is 10.4. The standard InChI is InChI=1S/C36H46N2O10S/c1-4-23(40)48-32-25-21(17-49-19-8-5-6-9-19)20-10-7-11-22(39)24(20)30(41)26(25)33(43)36(46)28(32)29(38(2)3)31(42)27(34(36)44)35(45)37-16-18-12-14-47-15-13-18/h7,10-11,18-19,21,25-29,32,39,46H,4-6,8-9,12-17H2,1-3H3,(H,37,45)/t21-,25+,26?,27?,28+,29-,32-,36-/m1/s1. The monoisotopic (exact) mass is 698 g/mol. The number of hydrogen-bond acceptors (Lipinski definition) is 12. The number of nitrogens with one attached hydrogen (secondary N) is 1. The van der Waals surface area contributed by atoms with Gasteiger partial charge in [0.25, 0.3) is 0 Å². The number of ether oxygens (including phenoxy) is 2. The molecule has 5 aliphatic rings. The minimum atomic E-state index is -3.01. The van der Waals surface area contributed by atoms with Gasteiger partial charge in [-0.15, -0.1) is 0 Å². The van der Waals surface area contributed by atoms with Gasteiger partial charge in [-0.05, 0) is 57.3 Å². The molecule has 3 N–H and O–H groups in total. The van der Waals surface area contributed by atoms with E-state index in [0.29, 0.717) is 42.6 Å². The summed E-state index contributed by atoms with van der Waals surface area (Å²) in [5, 5.41) is 26.5. The van der Waals surface area contributed by atoms with Crippen LogP contribution in [0.15, 0.2) is 18.2 Å². The molecule has 0 aromatic heterocycles. The first kappa shape index (κ1) is 35.7. The number of rotatable bonds is 9. The van der Waals surface area contributed by atoms with E-state index in [2.05, 4.69) is 5.32 Å². The molecule has 1 saturated heterocycles. The van der Waals surface area contributed by atoms with Crippen molar-refractivity contribution < 1.29 is 48.5 Å². The Hall–Kier alpha value is -3.13. The maximum absolute atomic E-state index is 14.8. The van der Waals surface area contributed by atoms with Gasteiger partial charge in [0.2, 0.25) is 5.91 Å². The van der Waals surface area contributed by atoms with Crippen molar-refractivity contribution in [3.63, 3.8) is 0 Å². The predicted molar refractivity (Wildman–Crippen MR) is 178 cm³/mol. The Morgan fingerprint density at radius 1 is 1.06 bits per heavy atom. The summed E-state index contributed by atoms with van der Waals surface area (Å²) in [7, 11) is 3.08. The number of phenols is 1. The second-order valence-electron chi connectivity index (χ2n) is 14.4. The number of Topliss-reactive ketones (excluding diaryl/α,β-unsaturated/α-hetero) is 4. The van der Waals surface area contributed by atoms with Crippen molar-refractivity contribution in [3.05, 3.63) is 29.3 Å². The Kier molecular flexibility index (Phi) is 10.4. The number of fused-ring (bicyclic) bond motifs is 3. The highest BCUT2D eigenvalue weighted by molar-refractivity contribution is 7.99. The minimum Gasteiger partial charge on any atom is -0.507 e. The molecular formula is C36H46N2O10S. The summed E-state index contributed by atoms with van der Waals surface area (Å²) in [4.78, 5) is 86.2. The summed E-state index contributed by atoms with van der Waals surface area (Å²) in [5.41, 5.74) is -2.58. The molecule has 266 valence electrons. The normalized spacial score (nSPS) is 33.6. The number of likely N-dealkylation sites (N-methyl/N-ethyl adjacent to an activating group) is 1. The van der Waals surface area contributed by atoms with Crippen molar-refractivity contribution in [2.45, 2.75) is 80.8 Å². The third-order valence-electron chi connectivity index (χ3n) is 11.4. The third kappa shape index (κ3) is 6.14. The van der Waals surface area contributed by atoms with Gasteiger partial charge in [0.15, 0.2) is 34.7 Å². The van der Waals surface area contributed by atoms with Gasteiger partial charge in [-0.1, -0.05) is 31.9 Å². The third-order valence-corrected chi connectivity index (χ3v) is 12.9. The van der Waals surface area contributed by atoms with Crippen LogP contribution < -0.4 is 5.32 Å². The van der Waals surface area contributed by atoms with Gasteiger partial charge in [-0.2, -0.15) is 11.8 Å². The Morgan fingerprint density at radius 3 is 2.41 bits per heavy atom. The van der Waals surface area contributed by atoms with Gasteiger partial charge >= 0.3 is 5.97 Å². The van der Waals surface area contributed by atoms with E-state index in [1.165, 1.54) is 25.1 Å². The van der Waals surface area contributed by atoms with Crippen molar-refractivity contribution in [3.8, 4) is 5.75 Å². The fourth-order valence-electron chi connectivity index (χ4n) is 8.89. The van der Waals surface area contributed by atoms with Crippen molar-refractivity contribution in [1.29, 1.82) is 0 Å². The number of nitrogens with zero attached hydrogens (tertiary/aromatic N) is 1. The molecule has 1 aliphatic heterocycles. The van der Waals surface area contributed by atoms with E-state index in [1.807, 2.05) is 0 Å². The highest BCUT2D eigenvalue weighted by atomic mass is 32.2. The molecule has 1 aromatic rings. The van der Waals surface area contributed by atoms with E-state index in [-0.39, 0.29) is 30.2 Å². The number of ketones is 4. The molecule has 4 fully saturated rings. The first-order valence-electron chi connectivity index (χ1n) is 17.4. The molecule has 49 heavy (non-hydrogen) atoms. The molecule has 0 radical (unpaired) electrons. The van der Waals surface area contributed by atoms with Crippen molar-refractivity contribution >= 4 is 46.8 Å². The quantitative estimate of drug-likeness (QED) is 0.253. The minimum absolute atomic E-state index is 0.0634. The van der Waals surface area contributed by atoms with Gasteiger partial charge in [0.05, 0.1) is 23.4 Å². The predicted octanol–water partition coefficient (Wildman–Crippen LogP) is 2.07. The van der Waals surface area contributed by atoms with Gasteiger partial charge in [-0.3, -0.25) is 33.7 Å². The number of aliphatic hydroxyl groups is 1. The molecule has 6 rings (SSSR count). The Morgan fingerprint density at radius 2 is 1.76 bits per heavy atom.